The van der Waals surface area contributed by atoms with Crippen LogP contribution in [0.25, 0.3) is 5.65 Å². The van der Waals surface area contributed by atoms with Gasteiger partial charge in [0.1, 0.15) is 0 Å². The fourth-order valence-electron chi connectivity index (χ4n) is 2.13. The summed E-state index contributed by atoms with van der Waals surface area (Å²) in [6.07, 6.45) is 5.23. The first-order valence-corrected chi connectivity index (χ1v) is 6.32. The number of nitrogen functional groups attached to an aromatic ring is 1. The van der Waals surface area contributed by atoms with Crippen molar-refractivity contribution >= 4 is 17.3 Å². The molecule has 8 nitrogen and oxygen atoms in total. The van der Waals surface area contributed by atoms with Crippen molar-refractivity contribution in [3.63, 3.8) is 0 Å². The summed E-state index contributed by atoms with van der Waals surface area (Å²) in [5.74, 6) is 6.49. The lowest BCUT2D eigenvalue weighted by atomic mass is 10.1. The number of anilines is 2. The molecule has 2 rings (SSSR count). The Balaban J connectivity index is 2.18. The van der Waals surface area contributed by atoms with Gasteiger partial charge in [-0.3, -0.25) is 0 Å². The van der Waals surface area contributed by atoms with Crippen molar-refractivity contribution in [1.82, 2.24) is 19.3 Å². The predicted molar refractivity (Wildman–Crippen MR) is 78.5 cm³/mol. The summed E-state index contributed by atoms with van der Waals surface area (Å²) < 4.78 is 1.81. The maximum absolute atomic E-state index is 10.3. The smallest absolute Gasteiger partial charge is 0.180 e. The predicted octanol–water partition coefficient (Wildman–Crippen LogP) is -0.261. The summed E-state index contributed by atoms with van der Waals surface area (Å²) in [7, 11) is 3.83. The van der Waals surface area contributed by atoms with Crippen LogP contribution in [0.5, 0.6) is 0 Å². The second kappa shape index (κ2) is 5.61. The quantitative estimate of drug-likeness (QED) is 0.426. The van der Waals surface area contributed by atoms with Gasteiger partial charge in [0.15, 0.2) is 17.3 Å². The number of hydrazine groups is 1. The van der Waals surface area contributed by atoms with Crippen LogP contribution in [-0.2, 0) is 0 Å². The van der Waals surface area contributed by atoms with Crippen LogP contribution in [0.3, 0.4) is 0 Å². The number of fused-ring (bicyclic) bond motifs is 1. The Morgan fingerprint density at radius 2 is 2.25 bits per heavy atom. The van der Waals surface area contributed by atoms with Crippen molar-refractivity contribution in [3.05, 3.63) is 18.6 Å². The van der Waals surface area contributed by atoms with Gasteiger partial charge >= 0.3 is 0 Å². The number of aromatic nitrogens is 3. The first kappa shape index (κ1) is 14.5. The van der Waals surface area contributed by atoms with E-state index in [9.17, 15) is 5.11 Å². The number of aliphatic hydroxyl groups is 1. The van der Waals surface area contributed by atoms with Crippen molar-refractivity contribution in [1.29, 1.82) is 0 Å². The van der Waals surface area contributed by atoms with Gasteiger partial charge in [0.2, 0.25) is 0 Å². The summed E-state index contributed by atoms with van der Waals surface area (Å²) >= 11 is 0. The number of nitrogens with two attached hydrogens (primary N) is 1. The van der Waals surface area contributed by atoms with E-state index in [-0.39, 0.29) is 0 Å². The Hall–Kier alpha value is -1.90. The zero-order valence-corrected chi connectivity index (χ0v) is 12.0. The standard InChI is InChI=1S/C12H21N7O/c1-12(20,8-18(2)3)7-15-10-11-14-4-5-19(11)6-9(16-10)17-13/h4-6,17,20H,7-8,13H2,1-3H3,(H,15,16). The van der Waals surface area contributed by atoms with Crippen LogP contribution in [0, 0.1) is 0 Å². The summed E-state index contributed by atoms with van der Waals surface area (Å²) in [5.41, 5.74) is 2.32. The molecule has 2 aromatic heterocycles. The molecule has 0 aliphatic rings. The van der Waals surface area contributed by atoms with E-state index in [4.69, 9.17) is 5.84 Å². The molecule has 5 N–H and O–H groups in total. The first-order valence-electron chi connectivity index (χ1n) is 6.32. The molecular formula is C12H21N7O. The average Bonchev–Trinajstić information content (AvgIpc) is 2.82. The lowest BCUT2D eigenvalue weighted by Gasteiger charge is -2.27. The molecule has 0 bridgehead atoms. The third kappa shape index (κ3) is 3.35. The Bertz CT molecular complexity index is 578. The Kier molecular flexibility index (Phi) is 4.07. The second-order valence-corrected chi connectivity index (χ2v) is 5.37. The van der Waals surface area contributed by atoms with Crippen LogP contribution in [0.4, 0.5) is 11.6 Å². The fourth-order valence-corrected chi connectivity index (χ4v) is 2.13. The summed E-state index contributed by atoms with van der Waals surface area (Å²) in [4.78, 5) is 10.5. The maximum atomic E-state index is 10.3. The van der Waals surface area contributed by atoms with Crippen molar-refractivity contribution in [2.24, 2.45) is 5.84 Å². The molecule has 2 aromatic rings. The highest BCUT2D eigenvalue weighted by Gasteiger charge is 2.22. The van der Waals surface area contributed by atoms with Gasteiger partial charge in [0, 0.05) is 25.5 Å². The molecule has 1 unspecified atom stereocenters. The van der Waals surface area contributed by atoms with E-state index in [1.54, 1.807) is 25.5 Å². The van der Waals surface area contributed by atoms with E-state index in [2.05, 4.69) is 20.7 Å². The lowest BCUT2D eigenvalue weighted by Crippen LogP contribution is -2.43. The van der Waals surface area contributed by atoms with Crippen molar-refractivity contribution in [2.45, 2.75) is 12.5 Å². The van der Waals surface area contributed by atoms with Crippen LogP contribution < -0.4 is 16.6 Å². The zero-order chi connectivity index (χ0) is 14.8. The van der Waals surface area contributed by atoms with E-state index in [1.807, 2.05) is 23.4 Å². The number of imidazole rings is 1. The summed E-state index contributed by atoms with van der Waals surface area (Å²) in [5, 5.41) is 13.4. The summed E-state index contributed by atoms with van der Waals surface area (Å²) in [6, 6.07) is 0. The number of nitrogens with zero attached hydrogens (tertiary/aromatic N) is 4. The minimum absolute atomic E-state index is 0.356. The first-order chi connectivity index (χ1) is 9.41. The molecule has 110 valence electrons. The number of nitrogens with one attached hydrogen (secondary N) is 2. The molecule has 0 aromatic carbocycles. The summed E-state index contributed by atoms with van der Waals surface area (Å²) in [6.45, 7) is 2.67. The highest BCUT2D eigenvalue weighted by molar-refractivity contribution is 5.65. The largest absolute Gasteiger partial charge is 0.387 e. The molecule has 0 amide bonds. The van der Waals surface area contributed by atoms with Crippen LogP contribution >= 0.6 is 0 Å². The molecule has 0 spiro atoms. The normalized spacial score (nSPS) is 14.5. The van der Waals surface area contributed by atoms with Crippen LogP contribution in [0.15, 0.2) is 18.6 Å². The number of hydrogen-bond donors (Lipinski definition) is 4. The van der Waals surface area contributed by atoms with E-state index in [0.29, 0.717) is 30.4 Å². The van der Waals surface area contributed by atoms with E-state index < -0.39 is 5.60 Å². The monoisotopic (exact) mass is 279 g/mol. The SMILES string of the molecule is CN(C)CC(C)(O)CNc1nc(NN)cn2ccnc12. The Labute approximate surface area is 117 Å². The zero-order valence-electron chi connectivity index (χ0n) is 12.0. The second-order valence-electron chi connectivity index (χ2n) is 5.37. The molecule has 20 heavy (non-hydrogen) atoms. The van der Waals surface area contributed by atoms with Crippen LogP contribution in [-0.4, -0.2) is 57.2 Å². The fraction of sp³-hybridized carbons (Fsp3) is 0.500. The molecular weight excluding hydrogens is 258 g/mol. The van der Waals surface area contributed by atoms with Gasteiger partial charge in [-0.1, -0.05) is 0 Å². The van der Waals surface area contributed by atoms with Gasteiger partial charge < -0.3 is 25.1 Å². The average molecular weight is 279 g/mol. The minimum atomic E-state index is -0.874. The molecule has 0 saturated carbocycles. The molecule has 0 aliphatic carbocycles. The van der Waals surface area contributed by atoms with Crippen molar-refractivity contribution in [3.8, 4) is 0 Å². The minimum Gasteiger partial charge on any atom is -0.387 e. The molecule has 2 heterocycles. The van der Waals surface area contributed by atoms with Gasteiger partial charge in [-0.05, 0) is 21.0 Å². The molecule has 0 aliphatic heterocycles. The Morgan fingerprint density at radius 1 is 1.50 bits per heavy atom. The molecule has 8 heteroatoms. The van der Waals surface area contributed by atoms with E-state index >= 15 is 0 Å². The van der Waals surface area contributed by atoms with Crippen molar-refractivity contribution in [2.75, 3.05) is 37.9 Å². The topological polar surface area (TPSA) is 104 Å². The highest BCUT2D eigenvalue weighted by Crippen LogP contribution is 2.17. The molecule has 1 atom stereocenters. The van der Waals surface area contributed by atoms with E-state index in [0.717, 1.165) is 0 Å². The van der Waals surface area contributed by atoms with Gasteiger partial charge in [-0.25, -0.2) is 15.8 Å². The number of likely N-dealkylation sites (N-methyl/N-ethyl adjacent to an activating group) is 1. The van der Waals surface area contributed by atoms with Gasteiger partial charge in [-0.15, -0.1) is 0 Å². The number of hydrogen-bond acceptors (Lipinski definition) is 7. The van der Waals surface area contributed by atoms with Gasteiger partial charge in [0.25, 0.3) is 0 Å². The number of rotatable bonds is 6. The van der Waals surface area contributed by atoms with Gasteiger partial charge in [0.05, 0.1) is 11.8 Å². The van der Waals surface area contributed by atoms with Crippen molar-refractivity contribution < 1.29 is 5.11 Å². The van der Waals surface area contributed by atoms with Crippen LogP contribution in [0.2, 0.25) is 0 Å². The van der Waals surface area contributed by atoms with Crippen LogP contribution in [0.1, 0.15) is 6.92 Å². The Morgan fingerprint density at radius 3 is 2.90 bits per heavy atom. The molecule has 0 fully saturated rings. The van der Waals surface area contributed by atoms with E-state index in [1.165, 1.54) is 0 Å². The lowest BCUT2D eigenvalue weighted by molar-refractivity contribution is 0.0459. The molecule has 0 radical (unpaired) electrons. The van der Waals surface area contributed by atoms with Gasteiger partial charge in [-0.2, -0.15) is 0 Å². The maximum Gasteiger partial charge on any atom is 0.180 e. The highest BCUT2D eigenvalue weighted by atomic mass is 16.3. The molecule has 0 saturated heterocycles. The third-order valence-corrected chi connectivity index (χ3v) is 2.82. The third-order valence-electron chi connectivity index (χ3n) is 2.82.